The van der Waals surface area contributed by atoms with E-state index in [9.17, 15) is 0 Å². The van der Waals surface area contributed by atoms with Crippen molar-refractivity contribution >= 4 is 5.71 Å². The highest BCUT2D eigenvalue weighted by atomic mass is 14.8. The van der Waals surface area contributed by atoms with Crippen LogP contribution >= 0.6 is 0 Å². The summed E-state index contributed by atoms with van der Waals surface area (Å²) in [6, 6.07) is 10.5. The van der Waals surface area contributed by atoms with E-state index in [-0.39, 0.29) is 0 Å². The van der Waals surface area contributed by atoms with Crippen LogP contribution < -0.4 is 5.32 Å². The van der Waals surface area contributed by atoms with Gasteiger partial charge in [0.25, 0.3) is 0 Å². The van der Waals surface area contributed by atoms with Gasteiger partial charge in [-0.3, -0.25) is 4.99 Å². The zero-order chi connectivity index (χ0) is 13.1. The molecular weight excluding hydrogens is 220 g/mol. The monoisotopic (exact) mass is 246 g/mol. The number of nitrogens with zero attached hydrogens (tertiary/aromatic N) is 1. The van der Waals surface area contributed by atoms with Crippen molar-refractivity contribution < 1.29 is 0 Å². The van der Waals surface area contributed by atoms with Gasteiger partial charge in [-0.25, -0.2) is 0 Å². The van der Waals surface area contributed by atoms with Gasteiger partial charge in [-0.15, -0.1) is 0 Å². The van der Waals surface area contributed by atoms with E-state index >= 15 is 0 Å². The minimum Gasteiger partial charge on any atom is -0.319 e. The smallest absolute Gasteiger partial charge is 0.0433 e. The molecule has 0 radical (unpaired) electrons. The van der Waals surface area contributed by atoms with Gasteiger partial charge in [-0.2, -0.15) is 0 Å². The molecule has 0 bridgehead atoms. The molecule has 2 nitrogen and oxygen atoms in total. The van der Waals surface area contributed by atoms with E-state index in [2.05, 4.69) is 42.6 Å². The summed E-state index contributed by atoms with van der Waals surface area (Å²) in [6.45, 7) is 4.20. The lowest BCUT2D eigenvalue weighted by Gasteiger charge is -2.07. The van der Waals surface area contributed by atoms with Crippen LogP contribution in [0.15, 0.2) is 35.3 Å². The number of unbranched alkanes of at least 4 members (excludes halogenated alkanes) is 3. The highest BCUT2D eigenvalue weighted by molar-refractivity contribution is 6.00. The fourth-order valence-electron chi connectivity index (χ4n) is 1.94. The maximum Gasteiger partial charge on any atom is 0.0433 e. The van der Waals surface area contributed by atoms with Crippen molar-refractivity contribution in [3.05, 3.63) is 35.9 Å². The van der Waals surface area contributed by atoms with Gasteiger partial charge in [0.15, 0.2) is 0 Å². The third kappa shape index (κ3) is 5.97. The molecule has 0 amide bonds. The summed E-state index contributed by atoms with van der Waals surface area (Å²) in [6.07, 6.45) is 6.13. The first-order valence-corrected chi connectivity index (χ1v) is 7.11. The molecular formula is C16H26N2. The maximum absolute atomic E-state index is 4.78. The molecule has 0 saturated heterocycles. The average Bonchev–Trinajstić information content (AvgIpc) is 2.43. The second-order valence-corrected chi connectivity index (χ2v) is 4.61. The van der Waals surface area contributed by atoms with Crippen LogP contribution in [0.1, 0.15) is 44.6 Å². The van der Waals surface area contributed by atoms with Crippen molar-refractivity contribution in [2.75, 3.05) is 20.1 Å². The normalized spacial score (nSPS) is 11.8. The van der Waals surface area contributed by atoms with Gasteiger partial charge in [0.05, 0.1) is 0 Å². The number of hydrogen-bond donors (Lipinski definition) is 1. The molecule has 100 valence electrons. The lowest BCUT2D eigenvalue weighted by atomic mass is 10.1. The highest BCUT2D eigenvalue weighted by Crippen LogP contribution is 2.06. The van der Waals surface area contributed by atoms with Gasteiger partial charge in [-0.05, 0) is 19.0 Å². The number of aliphatic imine (C=N–C) groups is 1. The van der Waals surface area contributed by atoms with Gasteiger partial charge in [0, 0.05) is 25.2 Å². The van der Waals surface area contributed by atoms with Crippen molar-refractivity contribution in [1.82, 2.24) is 5.32 Å². The predicted octanol–water partition coefficient (Wildman–Crippen LogP) is 3.67. The van der Waals surface area contributed by atoms with Crippen LogP contribution in [0.5, 0.6) is 0 Å². The fraction of sp³-hybridized carbons (Fsp3) is 0.562. The second-order valence-electron chi connectivity index (χ2n) is 4.61. The molecule has 0 unspecified atom stereocenters. The summed E-state index contributed by atoms with van der Waals surface area (Å²) in [5.41, 5.74) is 2.50. The third-order valence-electron chi connectivity index (χ3n) is 3.03. The van der Waals surface area contributed by atoms with Gasteiger partial charge in [0.2, 0.25) is 0 Å². The van der Waals surface area contributed by atoms with E-state index in [4.69, 9.17) is 4.99 Å². The minimum atomic E-state index is 0.966. The summed E-state index contributed by atoms with van der Waals surface area (Å²) in [5.74, 6) is 0. The molecule has 1 aromatic rings. The fourth-order valence-corrected chi connectivity index (χ4v) is 1.94. The Morgan fingerprint density at radius 2 is 1.89 bits per heavy atom. The molecule has 0 spiro atoms. The number of benzene rings is 1. The second kappa shape index (κ2) is 9.84. The van der Waals surface area contributed by atoms with Crippen molar-refractivity contribution in [2.45, 2.75) is 39.0 Å². The number of rotatable bonds is 9. The van der Waals surface area contributed by atoms with Crippen LogP contribution in [0.3, 0.4) is 0 Å². The maximum atomic E-state index is 4.78. The van der Waals surface area contributed by atoms with Gasteiger partial charge in [-0.1, -0.05) is 56.5 Å². The molecule has 0 aliphatic heterocycles. The molecule has 18 heavy (non-hydrogen) atoms. The van der Waals surface area contributed by atoms with E-state index < -0.39 is 0 Å². The summed E-state index contributed by atoms with van der Waals surface area (Å²) >= 11 is 0. The first kappa shape index (κ1) is 14.9. The molecule has 0 atom stereocenters. The van der Waals surface area contributed by atoms with Crippen LogP contribution in [-0.4, -0.2) is 25.8 Å². The van der Waals surface area contributed by atoms with E-state index in [0.717, 1.165) is 19.5 Å². The van der Waals surface area contributed by atoms with E-state index in [0.29, 0.717) is 0 Å². The van der Waals surface area contributed by atoms with Crippen molar-refractivity contribution in [3.63, 3.8) is 0 Å². The van der Waals surface area contributed by atoms with Gasteiger partial charge >= 0.3 is 0 Å². The van der Waals surface area contributed by atoms with Crippen molar-refractivity contribution in [3.8, 4) is 0 Å². The predicted molar refractivity (Wildman–Crippen MR) is 80.5 cm³/mol. The number of nitrogens with one attached hydrogen (secondary N) is 1. The van der Waals surface area contributed by atoms with Crippen LogP contribution in [0.2, 0.25) is 0 Å². The lowest BCUT2D eigenvalue weighted by Crippen LogP contribution is -2.14. The first-order chi connectivity index (χ1) is 8.88. The van der Waals surface area contributed by atoms with Crippen LogP contribution in [0, 0.1) is 0 Å². The minimum absolute atomic E-state index is 0.966. The van der Waals surface area contributed by atoms with E-state index in [1.54, 1.807) is 0 Å². The SMILES string of the molecule is CCCCCCN=C(CCNC)c1ccccc1. The van der Waals surface area contributed by atoms with Crippen molar-refractivity contribution in [2.24, 2.45) is 4.99 Å². The summed E-state index contributed by atoms with van der Waals surface area (Å²) in [5, 5.41) is 3.20. The molecule has 0 aromatic heterocycles. The molecule has 1 aromatic carbocycles. The van der Waals surface area contributed by atoms with Gasteiger partial charge in [0.1, 0.15) is 0 Å². The Morgan fingerprint density at radius 3 is 2.56 bits per heavy atom. The first-order valence-electron chi connectivity index (χ1n) is 7.11. The van der Waals surface area contributed by atoms with E-state index in [1.165, 1.54) is 37.0 Å². The molecule has 0 heterocycles. The molecule has 1 N–H and O–H groups in total. The Bertz CT molecular complexity index is 330. The standard InChI is InChI=1S/C16H26N2/c1-3-4-5-9-13-18-16(12-14-17-2)15-10-7-6-8-11-15/h6-8,10-11,17H,3-5,9,12-14H2,1-2H3. The van der Waals surface area contributed by atoms with Crippen LogP contribution in [-0.2, 0) is 0 Å². The quantitative estimate of drug-likeness (QED) is 0.522. The summed E-state index contributed by atoms with van der Waals surface area (Å²) in [4.78, 5) is 4.78. The Kier molecular flexibility index (Phi) is 8.15. The third-order valence-corrected chi connectivity index (χ3v) is 3.03. The average molecular weight is 246 g/mol. The summed E-state index contributed by atoms with van der Waals surface area (Å²) in [7, 11) is 1.99. The molecule has 1 rings (SSSR count). The number of hydrogen-bond acceptors (Lipinski definition) is 2. The van der Waals surface area contributed by atoms with Crippen LogP contribution in [0.25, 0.3) is 0 Å². The highest BCUT2D eigenvalue weighted by Gasteiger charge is 2.01. The largest absolute Gasteiger partial charge is 0.319 e. The zero-order valence-corrected chi connectivity index (χ0v) is 11.8. The Hall–Kier alpha value is -1.15. The van der Waals surface area contributed by atoms with E-state index in [1.807, 2.05) is 7.05 Å². The zero-order valence-electron chi connectivity index (χ0n) is 11.8. The molecule has 0 aliphatic carbocycles. The lowest BCUT2D eigenvalue weighted by molar-refractivity contribution is 0.674. The molecule has 0 saturated carbocycles. The Morgan fingerprint density at radius 1 is 1.11 bits per heavy atom. The Balaban J connectivity index is 2.52. The molecule has 0 fully saturated rings. The van der Waals surface area contributed by atoms with Gasteiger partial charge < -0.3 is 5.32 Å². The Labute approximate surface area is 112 Å². The topological polar surface area (TPSA) is 24.4 Å². The molecule has 2 heteroatoms. The van der Waals surface area contributed by atoms with Crippen LogP contribution in [0.4, 0.5) is 0 Å². The molecule has 0 aliphatic rings. The summed E-state index contributed by atoms with van der Waals surface area (Å²) < 4.78 is 0. The van der Waals surface area contributed by atoms with Crippen molar-refractivity contribution in [1.29, 1.82) is 0 Å².